The molecule has 1 atom stereocenters. The van der Waals surface area contributed by atoms with Crippen molar-refractivity contribution in [3.63, 3.8) is 0 Å². The number of halogens is 3. The Labute approximate surface area is 214 Å². The summed E-state index contributed by atoms with van der Waals surface area (Å²) in [7, 11) is -4.07. The predicted octanol–water partition coefficient (Wildman–Crippen LogP) is 4.36. The summed E-state index contributed by atoms with van der Waals surface area (Å²) in [6.07, 6.45) is 0.421. The fraction of sp³-hybridized carbons (Fsp3) is 0.200. The molecular formula is C25H23Cl2FN2O4S. The van der Waals surface area contributed by atoms with Crippen LogP contribution in [0.1, 0.15) is 27.9 Å². The van der Waals surface area contributed by atoms with E-state index in [1.807, 2.05) is 30.3 Å². The van der Waals surface area contributed by atoms with Crippen LogP contribution in [0.2, 0.25) is 5.02 Å². The van der Waals surface area contributed by atoms with E-state index < -0.39 is 39.1 Å². The number of fused-ring (bicyclic) bond motifs is 1. The van der Waals surface area contributed by atoms with E-state index in [0.29, 0.717) is 17.0 Å². The van der Waals surface area contributed by atoms with Gasteiger partial charge in [-0.05, 0) is 41.8 Å². The van der Waals surface area contributed by atoms with Crippen molar-refractivity contribution in [2.45, 2.75) is 30.3 Å². The molecule has 0 spiro atoms. The van der Waals surface area contributed by atoms with Gasteiger partial charge in [-0.15, -0.1) is 12.4 Å². The number of hydrogen-bond acceptors (Lipinski definition) is 5. The van der Waals surface area contributed by atoms with Gasteiger partial charge < -0.3 is 10.6 Å². The van der Waals surface area contributed by atoms with Gasteiger partial charge in [-0.3, -0.25) is 9.59 Å². The molecule has 184 valence electrons. The average Bonchev–Trinajstić information content (AvgIpc) is 2.87. The zero-order chi connectivity index (χ0) is 24.5. The van der Waals surface area contributed by atoms with Crippen LogP contribution in [-0.2, 0) is 27.6 Å². The number of amides is 1. The van der Waals surface area contributed by atoms with Crippen molar-refractivity contribution in [3.8, 4) is 0 Å². The highest BCUT2D eigenvalue weighted by molar-refractivity contribution is 7.91. The molecule has 3 aromatic rings. The second kappa shape index (κ2) is 10.9. The molecule has 2 N–H and O–H groups in total. The fourth-order valence-electron chi connectivity index (χ4n) is 3.91. The molecule has 6 nitrogen and oxygen atoms in total. The number of hydrogen-bond donors (Lipinski definition) is 1. The first kappa shape index (κ1) is 26.8. The summed E-state index contributed by atoms with van der Waals surface area (Å²) in [4.78, 5) is 26.8. The number of nitrogens with zero attached hydrogens (tertiary/aromatic N) is 1. The fourth-order valence-corrected chi connectivity index (χ4v) is 5.60. The molecule has 0 aliphatic carbocycles. The third-order valence-corrected chi connectivity index (χ3v) is 7.74. The minimum Gasteiger partial charge on any atom is -0.319 e. The smallest absolute Gasteiger partial charge is 0.245 e. The molecule has 3 aromatic carbocycles. The van der Waals surface area contributed by atoms with Gasteiger partial charge in [0, 0.05) is 11.4 Å². The SMILES string of the molecule is Cl.N[C@H]1CS(=O)(=O)c2cc(F)c(C(=O)CCc3ccccc3)cc2N(Cc2ccc(Cl)cc2)C1=O. The third-order valence-electron chi connectivity index (χ3n) is 5.69. The molecule has 0 saturated heterocycles. The van der Waals surface area contributed by atoms with Crippen molar-refractivity contribution in [1.29, 1.82) is 0 Å². The average molecular weight is 537 g/mol. The van der Waals surface area contributed by atoms with Crippen LogP contribution >= 0.6 is 24.0 Å². The maximum absolute atomic E-state index is 15.0. The Morgan fingerprint density at radius 3 is 2.37 bits per heavy atom. The Bertz CT molecular complexity index is 1350. The van der Waals surface area contributed by atoms with Crippen molar-refractivity contribution in [3.05, 3.63) is 94.3 Å². The minimum atomic E-state index is -4.07. The minimum absolute atomic E-state index is 0. The van der Waals surface area contributed by atoms with Crippen LogP contribution in [0.15, 0.2) is 71.6 Å². The lowest BCUT2D eigenvalue weighted by Crippen LogP contribution is -2.45. The molecule has 0 saturated carbocycles. The zero-order valence-electron chi connectivity index (χ0n) is 18.5. The van der Waals surface area contributed by atoms with E-state index >= 15 is 0 Å². The monoisotopic (exact) mass is 536 g/mol. The van der Waals surface area contributed by atoms with Gasteiger partial charge in [0.15, 0.2) is 15.6 Å². The van der Waals surface area contributed by atoms with E-state index in [2.05, 4.69) is 0 Å². The Morgan fingerprint density at radius 2 is 1.71 bits per heavy atom. The number of Topliss-reactive ketones (excluding diaryl/α,β-unsaturated/α-hetero) is 1. The highest BCUT2D eigenvalue weighted by Crippen LogP contribution is 2.34. The standard InChI is InChI=1S/C25H22ClFN2O4S.ClH/c26-18-9-6-17(7-10-18)14-29-22-12-19(23(30)11-8-16-4-2-1-3-5-16)20(27)13-24(22)34(32,33)15-21(28)25(29)31;/h1-7,9-10,12-13,21H,8,11,14-15,28H2;1H/t21-;/m0./s1. The summed E-state index contributed by atoms with van der Waals surface area (Å²) in [5.41, 5.74) is 7.15. The number of benzene rings is 3. The first-order valence-electron chi connectivity index (χ1n) is 10.6. The topological polar surface area (TPSA) is 97.5 Å². The maximum atomic E-state index is 15.0. The van der Waals surface area contributed by atoms with Crippen LogP contribution in [0.25, 0.3) is 0 Å². The second-order valence-corrected chi connectivity index (χ2v) is 10.6. The van der Waals surface area contributed by atoms with Crippen LogP contribution < -0.4 is 10.6 Å². The lowest BCUT2D eigenvalue weighted by atomic mass is 10.0. The van der Waals surface area contributed by atoms with Gasteiger partial charge >= 0.3 is 0 Å². The van der Waals surface area contributed by atoms with E-state index in [4.69, 9.17) is 17.3 Å². The van der Waals surface area contributed by atoms with Gasteiger partial charge in [0.25, 0.3) is 0 Å². The highest BCUT2D eigenvalue weighted by Gasteiger charge is 2.37. The number of carbonyl (C=O) groups is 2. The van der Waals surface area contributed by atoms with Crippen molar-refractivity contribution >= 4 is 51.2 Å². The molecular weight excluding hydrogens is 514 g/mol. The molecule has 1 amide bonds. The van der Waals surface area contributed by atoms with Gasteiger partial charge in [0.1, 0.15) is 5.82 Å². The predicted molar refractivity (Wildman–Crippen MR) is 135 cm³/mol. The zero-order valence-corrected chi connectivity index (χ0v) is 20.9. The number of nitrogens with two attached hydrogens (primary N) is 1. The summed E-state index contributed by atoms with van der Waals surface area (Å²) in [6.45, 7) is -0.0184. The maximum Gasteiger partial charge on any atom is 0.245 e. The molecule has 0 radical (unpaired) electrons. The summed E-state index contributed by atoms with van der Waals surface area (Å²) < 4.78 is 40.8. The number of ketones is 1. The Kier molecular flexibility index (Phi) is 8.33. The summed E-state index contributed by atoms with van der Waals surface area (Å²) >= 11 is 5.94. The van der Waals surface area contributed by atoms with E-state index in [9.17, 15) is 22.4 Å². The van der Waals surface area contributed by atoms with Gasteiger partial charge in [-0.2, -0.15) is 0 Å². The van der Waals surface area contributed by atoms with Crippen LogP contribution in [-0.4, -0.2) is 31.9 Å². The van der Waals surface area contributed by atoms with E-state index in [1.54, 1.807) is 24.3 Å². The molecule has 4 rings (SSSR count). The van der Waals surface area contributed by atoms with Crippen LogP contribution in [0.5, 0.6) is 0 Å². The van der Waals surface area contributed by atoms with Crippen LogP contribution in [0.3, 0.4) is 0 Å². The van der Waals surface area contributed by atoms with Gasteiger partial charge in [-0.1, -0.05) is 54.1 Å². The Balaban J connectivity index is 0.00000342. The molecule has 1 heterocycles. The molecule has 0 aromatic heterocycles. The first-order chi connectivity index (χ1) is 16.2. The van der Waals surface area contributed by atoms with Crippen molar-refractivity contribution < 1.29 is 22.4 Å². The van der Waals surface area contributed by atoms with Gasteiger partial charge in [0.2, 0.25) is 5.91 Å². The molecule has 0 unspecified atom stereocenters. The normalized spacial score (nSPS) is 16.7. The molecule has 0 bridgehead atoms. The molecule has 35 heavy (non-hydrogen) atoms. The summed E-state index contributed by atoms with van der Waals surface area (Å²) in [6, 6.07) is 16.6. The third kappa shape index (κ3) is 5.90. The van der Waals surface area contributed by atoms with Crippen molar-refractivity contribution in [2.75, 3.05) is 10.7 Å². The van der Waals surface area contributed by atoms with Crippen molar-refractivity contribution in [1.82, 2.24) is 0 Å². The lowest BCUT2D eigenvalue weighted by Gasteiger charge is -2.25. The number of sulfone groups is 1. The number of rotatable bonds is 6. The van der Waals surface area contributed by atoms with Gasteiger partial charge in [0.05, 0.1) is 34.5 Å². The molecule has 0 fully saturated rings. The van der Waals surface area contributed by atoms with E-state index in [1.165, 1.54) is 4.90 Å². The second-order valence-electron chi connectivity index (χ2n) is 8.15. The first-order valence-corrected chi connectivity index (χ1v) is 12.6. The lowest BCUT2D eigenvalue weighted by molar-refractivity contribution is -0.119. The molecule has 10 heteroatoms. The van der Waals surface area contributed by atoms with Crippen LogP contribution in [0, 0.1) is 5.82 Å². The van der Waals surface area contributed by atoms with Crippen LogP contribution in [0.4, 0.5) is 10.1 Å². The highest BCUT2D eigenvalue weighted by atomic mass is 35.5. The Hall–Kier alpha value is -2.78. The number of carbonyl (C=O) groups excluding carboxylic acids is 2. The van der Waals surface area contributed by atoms with Crippen molar-refractivity contribution in [2.24, 2.45) is 5.73 Å². The largest absolute Gasteiger partial charge is 0.319 e. The number of aryl methyl sites for hydroxylation is 1. The Morgan fingerprint density at radius 1 is 1.06 bits per heavy atom. The number of anilines is 1. The van der Waals surface area contributed by atoms with E-state index in [0.717, 1.165) is 17.7 Å². The van der Waals surface area contributed by atoms with E-state index in [-0.39, 0.29) is 41.5 Å². The molecule has 1 aliphatic heterocycles. The summed E-state index contributed by atoms with van der Waals surface area (Å²) in [5, 5.41) is 0.499. The summed E-state index contributed by atoms with van der Waals surface area (Å²) in [5.74, 6) is -2.73. The quantitative estimate of drug-likeness (QED) is 0.472. The molecule has 1 aliphatic rings. The van der Waals surface area contributed by atoms with Gasteiger partial charge in [-0.25, -0.2) is 12.8 Å².